The molecule has 1 aromatic rings. The van der Waals surface area contributed by atoms with E-state index in [0.717, 1.165) is 0 Å². The number of nitrogens with one attached hydrogen (secondary N) is 1. The van der Waals surface area contributed by atoms with Gasteiger partial charge < -0.3 is 4.84 Å². The number of hydrogen-bond acceptors (Lipinski definition) is 2. The average molecular weight is 255 g/mol. The van der Waals surface area contributed by atoms with Crippen LogP contribution in [0.4, 0.5) is 8.78 Å². The molecule has 0 atom stereocenters. The van der Waals surface area contributed by atoms with Crippen LogP contribution in [0.3, 0.4) is 0 Å². The standard InChI is InChI=1S/C13H15F2NO2/c14-11(15)13(8-4-5-9-13)12(17)16-18-10-6-2-1-3-7-10/h1-3,6-7,11H,4-5,8-9H2,(H,16,17). The second-order valence-corrected chi connectivity index (χ2v) is 4.51. The topological polar surface area (TPSA) is 38.3 Å². The lowest BCUT2D eigenvalue weighted by Crippen LogP contribution is -2.45. The highest BCUT2D eigenvalue weighted by Crippen LogP contribution is 2.43. The summed E-state index contributed by atoms with van der Waals surface area (Å²) < 4.78 is 26.1. The molecule has 0 unspecified atom stereocenters. The van der Waals surface area contributed by atoms with Crippen LogP contribution in [0.25, 0.3) is 0 Å². The monoisotopic (exact) mass is 255 g/mol. The van der Waals surface area contributed by atoms with Crippen molar-refractivity contribution in [2.45, 2.75) is 32.1 Å². The molecular formula is C13H15F2NO2. The van der Waals surface area contributed by atoms with Crippen molar-refractivity contribution in [2.24, 2.45) is 5.41 Å². The van der Waals surface area contributed by atoms with E-state index in [4.69, 9.17) is 4.84 Å². The smallest absolute Gasteiger partial charge is 0.264 e. The molecule has 18 heavy (non-hydrogen) atoms. The van der Waals surface area contributed by atoms with Crippen molar-refractivity contribution < 1.29 is 18.4 Å². The molecular weight excluding hydrogens is 240 g/mol. The van der Waals surface area contributed by atoms with Crippen molar-refractivity contribution in [3.63, 3.8) is 0 Å². The zero-order valence-electron chi connectivity index (χ0n) is 9.86. The van der Waals surface area contributed by atoms with Gasteiger partial charge in [-0.1, -0.05) is 31.0 Å². The normalized spacial score (nSPS) is 17.7. The Kier molecular flexibility index (Phi) is 3.79. The van der Waals surface area contributed by atoms with E-state index >= 15 is 0 Å². The highest BCUT2D eigenvalue weighted by atomic mass is 19.3. The first kappa shape index (κ1) is 12.8. The maximum atomic E-state index is 13.1. The van der Waals surface area contributed by atoms with Crippen LogP contribution in [0, 0.1) is 5.41 Å². The first-order valence-corrected chi connectivity index (χ1v) is 5.96. The Morgan fingerprint density at radius 3 is 2.39 bits per heavy atom. The number of hydroxylamine groups is 1. The molecule has 0 spiro atoms. The van der Waals surface area contributed by atoms with Crippen LogP contribution < -0.4 is 10.3 Å². The zero-order chi connectivity index (χ0) is 13.0. The number of halogens is 2. The fraction of sp³-hybridized carbons (Fsp3) is 0.462. The molecule has 0 saturated heterocycles. The van der Waals surface area contributed by atoms with E-state index in [1.165, 1.54) is 0 Å². The molecule has 0 aromatic heterocycles. The maximum absolute atomic E-state index is 13.1. The third kappa shape index (κ3) is 2.44. The van der Waals surface area contributed by atoms with Crippen LogP contribution in [-0.4, -0.2) is 12.3 Å². The van der Waals surface area contributed by atoms with Gasteiger partial charge in [-0.2, -0.15) is 5.48 Å². The summed E-state index contributed by atoms with van der Waals surface area (Å²) in [5.41, 5.74) is 0.569. The summed E-state index contributed by atoms with van der Waals surface area (Å²) in [6.45, 7) is 0. The number of amides is 1. The van der Waals surface area contributed by atoms with Crippen LogP contribution in [0.5, 0.6) is 5.75 Å². The van der Waals surface area contributed by atoms with Crippen molar-refractivity contribution in [3.05, 3.63) is 30.3 Å². The van der Waals surface area contributed by atoms with E-state index in [2.05, 4.69) is 5.48 Å². The fourth-order valence-corrected chi connectivity index (χ4v) is 2.25. The van der Waals surface area contributed by atoms with Gasteiger partial charge in [0.2, 0.25) is 0 Å². The predicted octanol–water partition coefficient (Wildman–Crippen LogP) is 2.92. The Hall–Kier alpha value is -1.65. The number of hydrogen-bond donors (Lipinski definition) is 1. The van der Waals surface area contributed by atoms with E-state index in [9.17, 15) is 13.6 Å². The Labute approximate surface area is 104 Å². The van der Waals surface area contributed by atoms with Crippen LogP contribution in [-0.2, 0) is 4.79 Å². The van der Waals surface area contributed by atoms with Crippen molar-refractivity contribution in [3.8, 4) is 5.75 Å². The van der Waals surface area contributed by atoms with Crippen molar-refractivity contribution >= 4 is 5.91 Å². The molecule has 1 aromatic carbocycles. The highest BCUT2D eigenvalue weighted by Gasteiger charge is 2.49. The van der Waals surface area contributed by atoms with Gasteiger partial charge in [-0.25, -0.2) is 8.78 Å². The van der Waals surface area contributed by atoms with Crippen molar-refractivity contribution in [1.82, 2.24) is 5.48 Å². The average Bonchev–Trinajstić information content (AvgIpc) is 2.88. The molecule has 98 valence electrons. The van der Waals surface area contributed by atoms with E-state index in [-0.39, 0.29) is 12.8 Å². The first-order chi connectivity index (χ1) is 8.65. The van der Waals surface area contributed by atoms with Crippen molar-refractivity contribution in [1.29, 1.82) is 0 Å². The Bertz CT molecular complexity index is 403. The number of rotatable bonds is 4. The fourth-order valence-electron chi connectivity index (χ4n) is 2.25. The van der Waals surface area contributed by atoms with Gasteiger partial charge >= 0.3 is 0 Å². The summed E-state index contributed by atoms with van der Waals surface area (Å²) in [6, 6.07) is 8.56. The second kappa shape index (κ2) is 5.33. The number of benzene rings is 1. The minimum atomic E-state index is -2.65. The van der Waals surface area contributed by atoms with Gasteiger partial charge in [0.25, 0.3) is 12.3 Å². The summed E-state index contributed by atoms with van der Waals surface area (Å²) in [7, 11) is 0. The molecule has 0 bridgehead atoms. The van der Waals surface area contributed by atoms with Crippen LogP contribution in [0.2, 0.25) is 0 Å². The number of para-hydroxylation sites is 1. The van der Waals surface area contributed by atoms with Gasteiger partial charge in [0.1, 0.15) is 5.41 Å². The van der Waals surface area contributed by atoms with Gasteiger partial charge in [-0.15, -0.1) is 0 Å². The van der Waals surface area contributed by atoms with Gasteiger partial charge in [-0.3, -0.25) is 4.79 Å². The molecule has 1 fully saturated rings. The number of carbonyl (C=O) groups excluding carboxylic acids is 1. The highest BCUT2D eigenvalue weighted by molar-refractivity contribution is 5.82. The lowest BCUT2D eigenvalue weighted by molar-refractivity contribution is -0.147. The molecule has 1 aliphatic carbocycles. The Morgan fingerprint density at radius 1 is 1.22 bits per heavy atom. The van der Waals surface area contributed by atoms with E-state index in [1.807, 2.05) is 0 Å². The lowest BCUT2D eigenvalue weighted by atomic mass is 9.86. The van der Waals surface area contributed by atoms with Gasteiger partial charge in [-0.05, 0) is 25.0 Å². The van der Waals surface area contributed by atoms with Gasteiger partial charge in [0.15, 0.2) is 5.75 Å². The summed E-state index contributed by atoms with van der Waals surface area (Å²) in [5.74, 6) is -0.299. The van der Waals surface area contributed by atoms with Gasteiger partial charge in [0, 0.05) is 0 Å². The predicted molar refractivity (Wildman–Crippen MR) is 62.1 cm³/mol. The molecule has 2 rings (SSSR count). The SMILES string of the molecule is O=C(NOc1ccccc1)C1(C(F)F)CCCC1. The summed E-state index contributed by atoms with van der Waals surface area (Å²) >= 11 is 0. The molecule has 1 aliphatic rings. The quantitative estimate of drug-likeness (QED) is 0.840. The molecule has 0 radical (unpaired) electrons. The molecule has 1 saturated carbocycles. The van der Waals surface area contributed by atoms with E-state index in [1.54, 1.807) is 30.3 Å². The molecule has 1 amide bonds. The Balaban J connectivity index is 1.98. The number of alkyl halides is 2. The molecule has 0 aliphatic heterocycles. The van der Waals surface area contributed by atoms with E-state index < -0.39 is 17.7 Å². The van der Waals surface area contributed by atoms with Crippen LogP contribution in [0.15, 0.2) is 30.3 Å². The van der Waals surface area contributed by atoms with E-state index in [0.29, 0.717) is 18.6 Å². The second-order valence-electron chi connectivity index (χ2n) is 4.51. The third-order valence-corrected chi connectivity index (χ3v) is 3.37. The molecule has 1 N–H and O–H groups in total. The third-order valence-electron chi connectivity index (χ3n) is 3.37. The van der Waals surface area contributed by atoms with Crippen LogP contribution >= 0.6 is 0 Å². The summed E-state index contributed by atoms with van der Waals surface area (Å²) in [4.78, 5) is 16.9. The summed E-state index contributed by atoms with van der Waals surface area (Å²) in [5, 5.41) is 0. The Morgan fingerprint density at radius 2 is 1.83 bits per heavy atom. The number of carbonyl (C=O) groups is 1. The van der Waals surface area contributed by atoms with Crippen molar-refractivity contribution in [2.75, 3.05) is 0 Å². The summed E-state index contributed by atoms with van der Waals surface area (Å²) in [6.07, 6.45) is -0.908. The van der Waals surface area contributed by atoms with Crippen LogP contribution in [0.1, 0.15) is 25.7 Å². The molecule has 3 nitrogen and oxygen atoms in total. The minimum Gasteiger partial charge on any atom is -0.380 e. The zero-order valence-corrected chi connectivity index (χ0v) is 9.86. The molecule has 5 heteroatoms. The minimum absolute atomic E-state index is 0.217. The first-order valence-electron chi connectivity index (χ1n) is 5.96. The lowest BCUT2D eigenvalue weighted by Gasteiger charge is -2.26. The van der Waals surface area contributed by atoms with Gasteiger partial charge in [0.05, 0.1) is 0 Å². The largest absolute Gasteiger partial charge is 0.380 e. The maximum Gasteiger partial charge on any atom is 0.264 e. The molecule has 0 heterocycles.